The number of hydrogen-bond acceptors (Lipinski definition) is 4. The molecular formula is C14H28N4O3. The number of hydrazine groups is 1. The maximum atomic E-state index is 11.8. The molecular weight excluding hydrogens is 272 g/mol. The summed E-state index contributed by atoms with van der Waals surface area (Å²) in [6, 6.07) is -0.251. The van der Waals surface area contributed by atoms with Gasteiger partial charge in [-0.25, -0.2) is 9.80 Å². The molecule has 1 rings (SSSR count). The molecule has 0 saturated carbocycles. The van der Waals surface area contributed by atoms with Crippen LogP contribution in [0.2, 0.25) is 0 Å². The molecule has 1 fully saturated rings. The number of carboxylic acids is 1. The summed E-state index contributed by atoms with van der Waals surface area (Å²) >= 11 is 0. The van der Waals surface area contributed by atoms with Crippen LogP contribution in [0.15, 0.2) is 0 Å². The van der Waals surface area contributed by atoms with Crippen LogP contribution in [-0.2, 0) is 4.79 Å². The Bertz CT molecular complexity index is 341. The fourth-order valence-electron chi connectivity index (χ4n) is 2.49. The Kier molecular flexibility index (Phi) is 7.45. The van der Waals surface area contributed by atoms with Crippen molar-refractivity contribution in [1.29, 1.82) is 0 Å². The van der Waals surface area contributed by atoms with Gasteiger partial charge in [0, 0.05) is 39.1 Å². The van der Waals surface area contributed by atoms with Gasteiger partial charge in [-0.2, -0.15) is 0 Å². The molecule has 21 heavy (non-hydrogen) atoms. The van der Waals surface area contributed by atoms with E-state index in [1.54, 1.807) is 0 Å². The molecule has 122 valence electrons. The molecule has 7 nitrogen and oxygen atoms in total. The van der Waals surface area contributed by atoms with Gasteiger partial charge in [-0.1, -0.05) is 13.8 Å². The fraction of sp³-hybridized carbons (Fsp3) is 0.857. The van der Waals surface area contributed by atoms with E-state index in [4.69, 9.17) is 5.11 Å². The number of piperazine rings is 1. The SMILES string of the molecule is CC(C)CC(CNC(=O)NN1CCN(C)CC1)CC(=O)O. The Morgan fingerprint density at radius 3 is 2.33 bits per heavy atom. The van der Waals surface area contributed by atoms with Gasteiger partial charge in [-0.15, -0.1) is 0 Å². The number of nitrogens with zero attached hydrogens (tertiary/aromatic N) is 2. The van der Waals surface area contributed by atoms with E-state index in [2.05, 4.69) is 36.5 Å². The number of carbonyl (C=O) groups is 2. The third-order valence-corrected chi connectivity index (χ3v) is 3.58. The summed E-state index contributed by atoms with van der Waals surface area (Å²) in [4.78, 5) is 24.9. The Hall–Kier alpha value is -1.34. The summed E-state index contributed by atoms with van der Waals surface area (Å²) in [6.45, 7) is 7.95. The van der Waals surface area contributed by atoms with Crippen molar-refractivity contribution in [2.24, 2.45) is 11.8 Å². The molecule has 1 aliphatic rings. The Balaban J connectivity index is 2.30. The number of carbonyl (C=O) groups excluding carboxylic acids is 1. The average molecular weight is 300 g/mol. The van der Waals surface area contributed by atoms with E-state index in [9.17, 15) is 9.59 Å². The minimum atomic E-state index is -0.818. The lowest BCUT2D eigenvalue weighted by atomic mass is 9.94. The highest BCUT2D eigenvalue weighted by Gasteiger charge is 2.18. The van der Waals surface area contributed by atoms with Gasteiger partial charge in [-0.05, 0) is 25.3 Å². The summed E-state index contributed by atoms with van der Waals surface area (Å²) in [5, 5.41) is 13.6. The highest BCUT2D eigenvalue weighted by atomic mass is 16.4. The normalized spacial score (nSPS) is 18.5. The van der Waals surface area contributed by atoms with Crippen LogP contribution in [-0.4, -0.2) is 66.8 Å². The number of urea groups is 1. The van der Waals surface area contributed by atoms with Gasteiger partial charge in [0.15, 0.2) is 0 Å². The van der Waals surface area contributed by atoms with Crippen molar-refractivity contribution in [1.82, 2.24) is 20.7 Å². The molecule has 1 saturated heterocycles. The van der Waals surface area contributed by atoms with Crippen molar-refractivity contribution in [3.05, 3.63) is 0 Å². The molecule has 0 aliphatic carbocycles. The number of rotatable bonds is 7. The summed E-state index contributed by atoms with van der Waals surface area (Å²) in [6.07, 6.45) is 0.883. The Labute approximate surface area is 126 Å². The van der Waals surface area contributed by atoms with Crippen molar-refractivity contribution in [3.8, 4) is 0 Å². The first-order valence-electron chi connectivity index (χ1n) is 7.56. The van der Waals surface area contributed by atoms with Gasteiger partial charge in [0.2, 0.25) is 0 Å². The van der Waals surface area contributed by atoms with E-state index in [-0.39, 0.29) is 18.4 Å². The standard InChI is InChI=1S/C14H28N4O3/c1-11(2)8-12(9-13(19)20)10-15-14(21)16-18-6-4-17(3)5-7-18/h11-12H,4-10H2,1-3H3,(H,19,20)(H2,15,16,21). The summed E-state index contributed by atoms with van der Waals surface area (Å²) < 4.78 is 0. The monoisotopic (exact) mass is 300 g/mol. The van der Waals surface area contributed by atoms with E-state index in [0.29, 0.717) is 12.5 Å². The first kappa shape index (κ1) is 17.7. The first-order chi connectivity index (χ1) is 9.86. The quantitative estimate of drug-likeness (QED) is 0.640. The van der Waals surface area contributed by atoms with Crippen LogP contribution in [0.3, 0.4) is 0 Å². The molecule has 1 atom stereocenters. The summed E-state index contributed by atoms with van der Waals surface area (Å²) in [5.74, 6) is -0.431. The zero-order chi connectivity index (χ0) is 15.8. The highest BCUT2D eigenvalue weighted by Crippen LogP contribution is 2.14. The van der Waals surface area contributed by atoms with Gasteiger partial charge >= 0.3 is 12.0 Å². The number of nitrogens with one attached hydrogen (secondary N) is 2. The van der Waals surface area contributed by atoms with Crippen molar-refractivity contribution >= 4 is 12.0 Å². The van der Waals surface area contributed by atoms with Crippen LogP contribution in [0.5, 0.6) is 0 Å². The van der Waals surface area contributed by atoms with Gasteiger partial charge in [0.05, 0.1) is 0 Å². The lowest BCUT2D eigenvalue weighted by molar-refractivity contribution is -0.138. The first-order valence-corrected chi connectivity index (χ1v) is 7.56. The molecule has 7 heteroatoms. The second kappa shape index (κ2) is 8.84. The van der Waals surface area contributed by atoms with E-state index >= 15 is 0 Å². The topological polar surface area (TPSA) is 84.9 Å². The third-order valence-electron chi connectivity index (χ3n) is 3.58. The fourth-order valence-corrected chi connectivity index (χ4v) is 2.49. The number of amides is 2. The second-order valence-corrected chi connectivity index (χ2v) is 6.21. The zero-order valence-electron chi connectivity index (χ0n) is 13.3. The van der Waals surface area contributed by atoms with E-state index in [1.165, 1.54) is 0 Å². The zero-order valence-corrected chi connectivity index (χ0v) is 13.3. The van der Waals surface area contributed by atoms with E-state index in [1.807, 2.05) is 5.01 Å². The van der Waals surface area contributed by atoms with Crippen LogP contribution in [0, 0.1) is 11.8 Å². The molecule has 1 heterocycles. The molecule has 3 N–H and O–H groups in total. The minimum Gasteiger partial charge on any atom is -0.481 e. The van der Waals surface area contributed by atoms with Crippen LogP contribution in [0.1, 0.15) is 26.7 Å². The number of likely N-dealkylation sites (N-methyl/N-ethyl adjacent to an activating group) is 1. The molecule has 0 aromatic carbocycles. The molecule has 1 unspecified atom stereocenters. The number of carboxylic acid groups (broad SMARTS) is 1. The van der Waals surface area contributed by atoms with Crippen LogP contribution >= 0.6 is 0 Å². The smallest absolute Gasteiger partial charge is 0.329 e. The average Bonchev–Trinajstić information content (AvgIpc) is 2.37. The second-order valence-electron chi connectivity index (χ2n) is 6.21. The molecule has 0 aromatic rings. The summed E-state index contributed by atoms with van der Waals surface area (Å²) in [7, 11) is 2.06. The predicted octanol–water partition coefficient (Wildman–Crippen LogP) is 0.585. The van der Waals surface area contributed by atoms with Crippen LogP contribution in [0.4, 0.5) is 4.79 Å². The lowest BCUT2D eigenvalue weighted by Crippen LogP contribution is -2.55. The predicted molar refractivity (Wildman–Crippen MR) is 80.8 cm³/mol. The minimum absolute atomic E-state index is 0.0271. The van der Waals surface area contributed by atoms with Gasteiger partial charge in [0.1, 0.15) is 0 Å². The maximum absolute atomic E-state index is 11.8. The Morgan fingerprint density at radius 2 is 1.81 bits per heavy atom. The lowest BCUT2D eigenvalue weighted by Gasteiger charge is -2.32. The molecule has 0 spiro atoms. The van der Waals surface area contributed by atoms with Gasteiger partial charge < -0.3 is 15.3 Å². The van der Waals surface area contributed by atoms with Crippen LogP contribution < -0.4 is 10.7 Å². The maximum Gasteiger partial charge on any atom is 0.329 e. The molecule has 1 aliphatic heterocycles. The van der Waals surface area contributed by atoms with Crippen molar-refractivity contribution < 1.29 is 14.7 Å². The van der Waals surface area contributed by atoms with Crippen LogP contribution in [0.25, 0.3) is 0 Å². The third kappa shape index (κ3) is 7.87. The van der Waals surface area contributed by atoms with Gasteiger partial charge in [-0.3, -0.25) is 10.2 Å². The molecule has 0 radical (unpaired) electrons. The van der Waals surface area contributed by atoms with E-state index < -0.39 is 5.97 Å². The van der Waals surface area contributed by atoms with Crippen molar-refractivity contribution in [3.63, 3.8) is 0 Å². The number of hydrogen-bond donors (Lipinski definition) is 3. The van der Waals surface area contributed by atoms with Gasteiger partial charge in [0.25, 0.3) is 0 Å². The van der Waals surface area contributed by atoms with Crippen molar-refractivity contribution in [2.45, 2.75) is 26.7 Å². The van der Waals surface area contributed by atoms with Crippen molar-refractivity contribution in [2.75, 3.05) is 39.8 Å². The summed E-state index contributed by atoms with van der Waals surface area (Å²) in [5.41, 5.74) is 2.81. The largest absolute Gasteiger partial charge is 0.481 e. The van der Waals surface area contributed by atoms with E-state index in [0.717, 1.165) is 32.6 Å². The number of aliphatic carboxylic acids is 1. The molecule has 0 aromatic heterocycles. The molecule has 2 amide bonds. The Morgan fingerprint density at radius 1 is 1.19 bits per heavy atom. The molecule has 0 bridgehead atoms. The highest BCUT2D eigenvalue weighted by molar-refractivity contribution is 5.73.